The molecule has 5 rings (SSSR count). The molecule has 1 aliphatic heterocycles. The number of hydrogen-bond acceptors (Lipinski definition) is 3. The van der Waals surface area contributed by atoms with E-state index < -0.39 is 0 Å². The molecule has 1 aliphatic rings. The maximum absolute atomic E-state index is 6.13. The third-order valence-corrected chi connectivity index (χ3v) is 6.54. The van der Waals surface area contributed by atoms with Crippen molar-refractivity contribution in [1.29, 1.82) is 0 Å². The number of likely N-dealkylation sites (tertiary alicyclic amines) is 1. The maximum Gasteiger partial charge on any atom is 0.0743 e. The number of nitrogens with zero attached hydrogens (tertiary/aromatic N) is 4. The first kappa shape index (κ1) is 20.9. The molecule has 3 heterocycles. The van der Waals surface area contributed by atoms with Gasteiger partial charge in [0.05, 0.1) is 17.1 Å². The summed E-state index contributed by atoms with van der Waals surface area (Å²) >= 11 is 6.13. The van der Waals surface area contributed by atoms with E-state index in [2.05, 4.69) is 69.2 Å². The van der Waals surface area contributed by atoms with Gasteiger partial charge in [0, 0.05) is 41.4 Å². The molecule has 1 saturated heterocycles. The standard InChI is InChI=1S/C27H27ClN4/c28-23-11-9-22(10-12-23)27-20-26(30-32(27)25-7-2-1-3-8-25)21-13-17-31(18-14-21)19-15-24-6-4-5-16-29-24/h1-12,16,20-21H,13-15,17-19H2. The average Bonchev–Trinajstić information content (AvgIpc) is 3.30. The Labute approximate surface area is 194 Å². The molecular weight excluding hydrogens is 416 g/mol. The molecule has 162 valence electrons. The predicted octanol–water partition coefficient (Wildman–Crippen LogP) is 6.01. The zero-order valence-corrected chi connectivity index (χ0v) is 18.8. The summed E-state index contributed by atoms with van der Waals surface area (Å²) in [4.78, 5) is 7.01. The van der Waals surface area contributed by atoms with E-state index in [1.165, 1.54) is 11.4 Å². The molecule has 0 N–H and O–H groups in total. The summed E-state index contributed by atoms with van der Waals surface area (Å²) in [5.74, 6) is 0.483. The lowest BCUT2D eigenvalue weighted by Gasteiger charge is -2.31. The lowest BCUT2D eigenvalue weighted by molar-refractivity contribution is 0.212. The van der Waals surface area contributed by atoms with Crippen LogP contribution in [-0.2, 0) is 6.42 Å². The normalized spacial score (nSPS) is 15.2. The van der Waals surface area contributed by atoms with Gasteiger partial charge in [-0.2, -0.15) is 5.10 Å². The van der Waals surface area contributed by atoms with Crippen LogP contribution < -0.4 is 0 Å². The molecule has 1 fully saturated rings. The molecule has 0 bridgehead atoms. The molecule has 32 heavy (non-hydrogen) atoms. The van der Waals surface area contributed by atoms with Gasteiger partial charge in [0.15, 0.2) is 0 Å². The summed E-state index contributed by atoms with van der Waals surface area (Å²) in [5.41, 5.74) is 5.67. The fourth-order valence-corrected chi connectivity index (χ4v) is 4.59. The highest BCUT2D eigenvalue weighted by atomic mass is 35.5. The van der Waals surface area contributed by atoms with Crippen molar-refractivity contribution in [2.75, 3.05) is 19.6 Å². The van der Waals surface area contributed by atoms with Crippen LogP contribution in [0.2, 0.25) is 5.02 Å². The maximum atomic E-state index is 6.13. The highest BCUT2D eigenvalue weighted by Gasteiger charge is 2.24. The molecular formula is C27H27ClN4. The van der Waals surface area contributed by atoms with Crippen LogP contribution in [0.15, 0.2) is 85.1 Å². The third-order valence-electron chi connectivity index (χ3n) is 6.29. The van der Waals surface area contributed by atoms with Gasteiger partial charge in [0.25, 0.3) is 0 Å². The summed E-state index contributed by atoms with van der Waals surface area (Å²) in [7, 11) is 0. The molecule has 2 aromatic carbocycles. The van der Waals surface area contributed by atoms with E-state index in [1.54, 1.807) is 0 Å². The Morgan fingerprint density at radius 1 is 0.875 bits per heavy atom. The van der Waals surface area contributed by atoms with Crippen molar-refractivity contribution in [2.45, 2.75) is 25.2 Å². The number of hydrogen-bond donors (Lipinski definition) is 0. The summed E-state index contributed by atoms with van der Waals surface area (Å²) < 4.78 is 2.08. The van der Waals surface area contributed by atoms with E-state index in [0.717, 1.165) is 60.9 Å². The molecule has 4 aromatic rings. The average molecular weight is 443 g/mol. The first-order valence-corrected chi connectivity index (χ1v) is 11.7. The number of pyridine rings is 1. The zero-order valence-electron chi connectivity index (χ0n) is 18.1. The van der Waals surface area contributed by atoms with Crippen LogP contribution in [0.1, 0.15) is 30.1 Å². The molecule has 2 aromatic heterocycles. The van der Waals surface area contributed by atoms with Crippen LogP contribution in [0.25, 0.3) is 16.9 Å². The first-order valence-electron chi connectivity index (χ1n) is 11.3. The van der Waals surface area contributed by atoms with Gasteiger partial charge in [-0.15, -0.1) is 0 Å². The highest BCUT2D eigenvalue weighted by molar-refractivity contribution is 6.30. The monoisotopic (exact) mass is 442 g/mol. The van der Waals surface area contributed by atoms with Crippen LogP contribution in [0.5, 0.6) is 0 Å². The second-order valence-corrected chi connectivity index (χ2v) is 8.83. The van der Waals surface area contributed by atoms with Crippen molar-refractivity contribution >= 4 is 11.6 Å². The van der Waals surface area contributed by atoms with Crippen molar-refractivity contribution in [3.63, 3.8) is 0 Å². The first-order chi connectivity index (χ1) is 15.8. The van der Waals surface area contributed by atoms with Gasteiger partial charge >= 0.3 is 0 Å². The summed E-state index contributed by atoms with van der Waals surface area (Å²) in [5, 5.41) is 5.82. The quantitative estimate of drug-likeness (QED) is 0.366. The van der Waals surface area contributed by atoms with Crippen molar-refractivity contribution in [1.82, 2.24) is 19.7 Å². The van der Waals surface area contributed by atoms with E-state index in [-0.39, 0.29) is 0 Å². The number of piperidine rings is 1. The second-order valence-electron chi connectivity index (χ2n) is 8.40. The van der Waals surface area contributed by atoms with Crippen LogP contribution in [0.3, 0.4) is 0 Å². The van der Waals surface area contributed by atoms with E-state index >= 15 is 0 Å². The topological polar surface area (TPSA) is 34.0 Å². The lowest BCUT2D eigenvalue weighted by atomic mass is 9.93. The Hall–Kier alpha value is -2.95. The van der Waals surface area contributed by atoms with E-state index in [0.29, 0.717) is 5.92 Å². The number of rotatable bonds is 6. The van der Waals surface area contributed by atoms with Crippen molar-refractivity contribution in [2.24, 2.45) is 0 Å². The SMILES string of the molecule is Clc1ccc(-c2cc(C3CCN(CCc4ccccn4)CC3)nn2-c2ccccc2)cc1. The fourth-order valence-electron chi connectivity index (χ4n) is 4.46. The lowest BCUT2D eigenvalue weighted by Crippen LogP contribution is -2.34. The van der Waals surface area contributed by atoms with Crippen molar-refractivity contribution in [3.8, 4) is 16.9 Å². The Morgan fingerprint density at radius 2 is 1.62 bits per heavy atom. The molecule has 0 unspecified atom stereocenters. The number of benzene rings is 2. The van der Waals surface area contributed by atoms with Gasteiger partial charge < -0.3 is 4.90 Å². The predicted molar refractivity (Wildman–Crippen MR) is 130 cm³/mol. The van der Waals surface area contributed by atoms with Crippen molar-refractivity contribution < 1.29 is 0 Å². The second kappa shape index (κ2) is 9.68. The fraction of sp³-hybridized carbons (Fsp3) is 0.259. The minimum absolute atomic E-state index is 0.483. The molecule has 0 atom stereocenters. The molecule has 5 heteroatoms. The molecule has 4 nitrogen and oxygen atoms in total. The molecule has 0 radical (unpaired) electrons. The summed E-state index contributed by atoms with van der Waals surface area (Å²) in [6, 6.07) is 26.8. The Balaban J connectivity index is 1.32. The Kier molecular flexibility index (Phi) is 6.33. The van der Waals surface area contributed by atoms with Gasteiger partial charge in [-0.05, 0) is 68.4 Å². The van der Waals surface area contributed by atoms with E-state index in [1.807, 2.05) is 30.5 Å². The Morgan fingerprint density at radius 3 is 2.34 bits per heavy atom. The van der Waals surface area contributed by atoms with E-state index in [4.69, 9.17) is 16.7 Å². The van der Waals surface area contributed by atoms with Crippen LogP contribution in [0.4, 0.5) is 0 Å². The van der Waals surface area contributed by atoms with E-state index in [9.17, 15) is 0 Å². The molecule has 0 saturated carbocycles. The van der Waals surface area contributed by atoms with Crippen LogP contribution in [-0.4, -0.2) is 39.3 Å². The largest absolute Gasteiger partial charge is 0.303 e. The van der Waals surface area contributed by atoms with Gasteiger partial charge in [-0.25, -0.2) is 4.68 Å². The Bertz CT molecular complexity index is 1130. The number of halogens is 1. The summed E-state index contributed by atoms with van der Waals surface area (Å²) in [6.45, 7) is 3.27. The van der Waals surface area contributed by atoms with Gasteiger partial charge in [0.2, 0.25) is 0 Å². The summed E-state index contributed by atoms with van der Waals surface area (Å²) in [6.07, 6.45) is 5.15. The van der Waals surface area contributed by atoms with Gasteiger partial charge in [-0.3, -0.25) is 4.98 Å². The number of aromatic nitrogens is 3. The van der Waals surface area contributed by atoms with Crippen molar-refractivity contribution in [3.05, 3.63) is 101 Å². The van der Waals surface area contributed by atoms with Gasteiger partial charge in [0.1, 0.15) is 0 Å². The van der Waals surface area contributed by atoms with Crippen LogP contribution >= 0.6 is 11.6 Å². The van der Waals surface area contributed by atoms with Gasteiger partial charge in [-0.1, -0.05) is 48.0 Å². The van der Waals surface area contributed by atoms with Crippen LogP contribution in [0, 0.1) is 0 Å². The third kappa shape index (κ3) is 4.77. The minimum Gasteiger partial charge on any atom is -0.303 e. The molecule has 0 amide bonds. The molecule has 0 spiro atoms. The molecule has 0 aliphatic carbocycles. The minimum atomic E-state index is 0.483. The smallest absolute Gasteiger partial charge is 0.0743 e. The highest BCUT2D eigenvalue weighted by Crippen LogP contribution is 2.32. The number of para-hydroxylation sites is 1. The zero-order chi connectivity index (χ0) is 21.8.